The molecule has 1 heterocycles. The summed E-state index contributed by atoms with van der Waals surface area (Å²) in [4.78, 5) is 15.7. The van der Waals surface area contributed by atoms with Gasteiger partial charge in [-0.1, -0.05) is 12.8 Å². The van der Waals surface area contributed by atoms with Crippen molar-refractivity contribution in [3.8, 4) is 0 Å². The van der Waals surface area contributed by atoms with Crippen LogP contribution in [0.25, 0.3) is 0 Å². The number of aliphatic hydroxyl groups excluding tert-OH is 1. The van der Waals surface area contributed by atoms with Crippen LogP contribution in [0.3, 0.4) is 0 Å². The Morgan fingerprint density at radius 2 is 2.00 bits per heavy atom. The second kappa shape index (κ2) is 5.07. The average Bonchev–Trinajstić information content (AvgIpc) is 2.33. The van der Waals surface area contributed by atoms with Gasteiger partial charge in [-0.3, -0.25) is 9.78 Å². The number of pyridine rings is 1. The third kappa shape index (κ3) is 2.58. The zero-order valence-corrected chi connectivity index (χ0v) is 9.10. The first-order valence-electron chi connectivity index (χ1n) is 5.66. The van der Waals surface area contributed by atoms with E-state index in [1.165, 1.54) is 0 Å². The van der Waals surface area contributed by atoms with Gasteiger partial charge in [0.1, 0.15) is 0 Å². The first-order valence-corrected chi connectivity index (χ1v) is 5.66. The van der Waals surface area contributed by atoms with Crippen LogP contribution in [0.5, 0.6) is 0 Å². The van der Waals surface area contributed by atoms with Crippen LogP contribution in [-0.4, -0.2) is 28.1 Å². The molecule has 0 radical (unpaired) electrons. The highest BCUT2D eigenvalue weighted by atomic mass is 16.3. The van der Waals surface area contributed by atoms with Crippen molar-refractivity contribution in [1.29, 1.82) is 0 Å². The smallest absolute Gasteiger partial charge is 0.251 e. The van der Waals surface area contributed by atoms with Crippen molar-refractivity contribution < 1.29 is 9.90 Å². The number of nitrogens with one attached hydrogen (secondary N) is 1. The molecule has 1 aromatic rings. The lowest BCUT2D eigenvalue weighted by Crippen LogP contribution is -2.45. The molecule has 2 atom stereocenters. The fourth-order valence-electron chi connectivity index (χ4n) is 2.03. The van der Waals surface area contributed by atoms with E-state index in [4.69, 9.17) is 0 Å². The highest BCUT2D eigenvalue weighted by molar-refractivity contribution is 5.94. The van der Waals surface area contributed by atoms with E-state index in [0.29, 0.717) is 5.56 Å². The molecule has 1 saturated carbocycles. The van der Waals surface area contributed by atoms with Gasteiger partial charge in [-0.25, -0.2) is 0 Å². The standard InChI is InChI=1S/C12H16N2O2/c15-11-4-2-1-3-10(11)14-12(16)9-5-7-13-8-6-9/h5-8,10-11,15H,1-4H2,(H,14,16)/t10-,11-/m1/s1. The van der Waals surface area contributed by atoms with Crippen LogP contribution >= 0.6 is 0 Å². The zero-order chi connectivity index (χ0) is 11.4. The predicted molar refractivity (Wildman–Crippen MR) is 60.0 cm³/mol. The quantitative estimate of drug-likeness (QED) is 0.785. The van der Waals surface area contributed by atoms with Crippen molar-refractivity contribution in [3.05, 3.63) is 30.1 Å². The zero-order valence-electron chi connectivity index (χ0n) is 9.10. The fraction of sp³-hybridized carbons (Fsp3) is 0.500. The lowest BCUT2D eigenvalue weighted by Gasteiger charge is -2.28. The van der Waals surface area contributed by atoms with Gasteiger partial charge in [0.15, 0.2) is 0 Å². The summed E-state index contributed by atoms with van der Waals surface area (Å²) in [6.45, 7) is 0. The van der Waals surface area contributed by atoms with Gasteiger partial charge in [0.05, 0.1) is 12.1 Å². The summed E-state index contributed by atoms with van der Waals surface area (Å²) in [6.07, 6.45) is 6.53. The van der Waals surface area contributed by atoms with E-state index in [1.807, 2.05) is 0 Å². The van der Waals surface area contributed by atoms with Gasteiger partial charge in [0.2, 0.25) is 0 Å². The SMILES string of the molecule is O=C(N[C@@H]1CCCC[C@H]1O)c1ccncc1. The first-order chi connectivity index (χ1) is 7.77. The number of aliphatic hydroxyl groups is 1. The Morgan fingerprint density at radius 3 is 2.69 bits per heavy atom. The van der Waals surface area contributed by atoms with E-state index in [1.54, 1.807) is 24.5 Å². The van der Waals surface area contributed by atoms with E-state index < -0.39 is 6.10 Å². The molecule has 0 spiro atoms. The van der Waals surface area contributed by atoms with Gasteiger partial charge in [-0.05, 0) is 25.0 Å². The van der Waals surface area contributed by atoms with Crippen LogP contribution in [-0.2, 0) is 0 Å². The van der Waals surface area contributed by atoms with Crippen molar-refractivity contribution in [2.75, 3.05) is 0 Å². The first kappa shape index (κ1) is 11.1. The molecule has 0 saturated heterocycles. The largest absolute Gasteiger partial charge is 0.391 e. The molecule has 0 unspecified atom stereocenters. The van der Waals surface area contributed by atoms with Gasteiger partial charge >= 0.3 is 0 Å². The Hall–Kier alpha value is -1.42. The topological polar surface area (TPSA) is 62.2 Å². The summed E-state index contributed by atoms with van der Waals surface area (Å²) >= 11 is 0. The summed E-state index contributed by atoms with van der Waals surface area (Å²) in [7, 11) is 0. The van der Waals surface area contributed by atoms with Crippen LogP contribution in [0.2, 0.25) is 0 Å². The molecule has 1 aliphatic carbocycles. The van der Waals surface area contributed by atoms with Gasteiger partial charge in [-0.2, -0.15) is 0 Å². The molecular weight excluding hydrogens is 204 g/mol. The third-order valence-corrected chi connectivity index (χ3v) is 2.99. The molecule has 2 N–H and O–H groups in total. The number of hydrogen-bond acceptors (Lipinski definition) is 3. The molecule has 4 nitrogen and oxygen atoms in total. The summed E-state index contributed by atoms with van der Waals surface area (Å²) in [5, 5.41) is 12.6. The molecule has 0 aliphatic heterocycles. The highest BCUT2D eigenvalue weighted by Gasteiger charge is 2.24. The molecule has 1 amide bonds. The molecule has 4 heteroatoms. The molecular formula is C12H16N2O2. The van der Waals surface area contributed by atoms with E-state index >= 15 is 0 Å². The van der Waals surface area contributed by atoms with Crippen LogP contribution in [0.4, 0.5) is 0 Å². The number of aromatic nitrogens is 1. The van der Waals surface area contributed by atoms with Crippen LogP contribution in [0.15, 0.2) is 24.5 Å². The molecule has 0 bridgehead atoms. The number of carbonyl (C=O) groups is 1. The van der Waals surface area contributed by atoms with Crippen molar-refractivity contribution >= 4 is 5.91 Å². The monoisotopic (exact) mass is 220 g/mol. The maximum absolute atomic E-state index is 11.8. The molecule has 1 fully saturated rings. The lowest BCUT2D eigenvalue weighted by atomic mass is 9.92. The molecule has 2 rings (SSSR count). The maximum atomic E-state index is 11.8. The number of hydrogen-bond donors (Lipinski definition) is 2. The van der Waals surface area contributed by atoms with Gasteiger partial charge in [0, 0.05) is 18.0 Å². The van der Waals surface area contributed by atoms with Crippen molar-refractivity contribution in [2.24, 2.45) is 0 Å². The molecule has 1 aliphatic rings. The minimum absolute atomic E-state index is 0.102. The van der Waals surface area contributed by atoms with Crippen molar-refractivity contribution in [3.63, 3.8) is 0 Å². The number of nitrogens with zero attached hydrogens (tertiary/aromatic N) is 1. The summed E-state index contributed by atoms with van der Waals surface area (Å²) in [6, 6.07) is 3.24. The minimum Gasteiger partial charge on any atom is -0.391 e. The number of amides is 1. The summed E-state index contributed by atoms with van der Waals surface area (Å²) in [5.41, 5.74) is 0.591. The Labute approximate surface area is 94.7 Å². The summed E-state index contributed by atoms with van der Waals surface area (Å²) in [5.74, 6) is -0.131. The lowest BCUT2D eigenvalue weighted by molar-refractivity contribution is 0.0717. The number of carbonyl (C=O) groups excluding carboxylic acids is 1. The van der Waals surface area contributed by atoms with Crippen molar-refractivity contribution in [1.82, 2.24) is 10.3 Å². The highest BCUT2D eigenvalue weighted by Crippen LogP contribution is 2.18. The number of rotatable bonds is 2. The second-order valence-electron chi connectivity index (χ2n) is 4.17. The molecule has 0 aromatic carbocycles. The fourth-order valence-corrected chi connectivity index (χ4v) is 2.03. The van der Waals surface area contributed by atoms with E-state index in [-0.39, 0.29) is 11.9 Å². The Bertz CT molecular complexity index is 353. The molecule has 86 valence electrons. The average molecular weight is 220 g/mol. The van der Waals surface area contributed by atoms with E-state index in [2.05, 4.69) is 10.3 Å². The Kier molecular flexibility index (Phi) is 3.51. The summed E-state index contributed by atoms with van der Waals surface area (Å²) < 4.78 is 0. The molecule has 1 aromatic heterocycles. The normalized spacial score (nSPS) is 25.1. The minimum atomic E-state index is -0.403. The predicted octanol–water partition coefficient (Wildman–Crippen LogP) is 1.11. The van der Waals surface area contributed by atoms with E-state index in [9.17, 15) is 9.90 Å². The van der Waals surface area contributed by atoms with E-state index in [0.717, 1.165) is 25.7 Å². The Balaban J connectivity index is 1.96. The van der Waals surface area contributed by atoms with Gasteiger partial charge in [-0.15, -0.1) is 0 Å². The van der Waals surface area contributed by atoms with Crippen LogP contribution in [0, 0.1) is 0 Å². The second-order valence-corrected chi connectivity index (χ2v) is 4.17. The third-order valence-electron chi connectivity index (χ3n) is 2.99. The van der Waals surface area contributed by atoms with Crippen LogP contribution in [0.1, 0.15) is 36.0 Å². The van der Waals surface area contributed by atoms with Crippen molar-refractivity contribution in [2.45, 2.75) is 37.8 Å². The van der Waals surface area contributed by atoms with Gasteiger partial charge in [0.25, 0.3) is 5.91 Å². The Morgan fingerprint density at radius 1 is 1.31 bits per heavy atom. The maximum Gasteiger partial charge on any atom is 0.251 e. The van der Waals surface area contributed by atoms with Crippen LogP contribution < -0.4 is 5.32 Å². The van der Waals surface area contributed by atoms with Gasteiger partial charge < -0.3 is 10.4 Å². The molecule has 16 heavy (non-hydrogen) atoms.